The molecule has 1 atom stereocenters. The Morgan fingerprint density at radius 2 is 1.87 bits per heavy atom. The van der Waals surface area contributed by atoms with Crippen LogP contribution in [0.3, 0.4) is 0 Å². The van der Waals surface area contributed by atoms with Crippen LogP contribution in [0.15, 0.2) is 64.2 Å². The summed E-state index contributed by atoms with van der Waals surface area (Å²) in [4.78, 5) is 24.7. The Kier molecular flexibility index (Phi) is 9.01. The van der Waals surface area contributed by atoms with Crippen LogP contribution >= 0.6 is 15.9 Å². The van der Waals surface area contributed by atoms with E-state index < -0.39 is 23.6 Å². The molecule has 0 aliphatic carbocycles. The number of hydrogen-bond acceptors (Lipinski definition) is 5. The van der Waals surface area contributed by atoms with E-state index in [0.29, 0.717) is 6.61 Å². The fourth-order valence-electron chi connectivity index (χ4n) is 2.34. The van der Waals surface area contributed by atoms with E-state index in [0.717, 1.165) is 15.6 Å². The number of carbonyl (C=O) groups is 2. The fraction of sp³-hybridized carbons (Fsp3) is 0.318. The lowest BCUT2D eigenvalue weighted by molar-refractivity contribution is -0.124. The van der Waals surface area contributed by atoms with Gasteiger partial charge in [0.15, 0.2) is 0 Å². The van der Waals surface area contributed by atoms with Crippen LogP contribution in [-0.2, 0) is 20.9 Å². The second kappa shape index (κ2) is 11.5. The number of ether oxygens (including phenoxy) is 2. The summed E-state index contributed by atoms with van der Waals surface area (Å²) in [5, 5.41) is 6.50. The molecule has 2 amide bonds. The van der Waals surface area contributed by atoms with Crippen LogP contribution in [0.4, 0.5) is 4.79 Å². The highest BCUT2D eigenvalue weighted by Crippen LogP contribution is 2.10. The Hall–Kier alpha value is -2.71. The molecule has 0 unspecified atom stereocenters. The molecule has 0 bridgehead atoms. The number of nitrogens with zero attached hydrogens (tertiary/aromatic N) is 1. The van der Waals surface area contributed by atoms with Gasteiger partial charge in [-0.15, -0.1) is 0 Å². The topological polar surface area (TPSA) is 89.0 Å². The van der Waals surface area contributed by atoms with Crippen molar-refractivity contribution in [2.45, 2.75) is 39.0 Å². The minimum Gasteiger partial charge on any atom is -0.444 e. The van der Waals surface area contributed by atoms with Crippen LogP contribution in [0.5, 0.6) is 0 Å². The summed E-state index contributed by atoms with van der Waals surface area (Å²) in [6.45, 7) is 5.51. The zero-order valence-corrected chi connectivity index (χ0v) is 18.8. The first-order valence-corrected chi connectivity index (χ1v) is 10.2. The molecule has 0 spiro atoms. The average molecular weight is 476 g/mol. The smallest absolute Gasteiger partial charge is 0.408 e. The molecule has 0 aromatic heterocycles. The van der Waals surface area contributed by atoms with Crippen LogP contribution in [0.1, 0.15) is 31.9 Å². The highest BCUT2D eigenvalue weighted by Gasteiger charge is 2.24. The zero-order chi connectivity index (χ0) is 22.0. The highest BCUT2D eigenvalue weighted by molar-refractivity contribution is 9.10. The summed E-state index contributed by atoms with van der Waals surface area (Å²) in [6.07, 6.45) is 0.805. The first-order valence-electron chi connectivity index (χ1n) is 9.42. The van der Waals surface area contributed by atoms with Gasteiger partial charge in [-0.1, -0.05) is 58.4 Å². The molecule has 2 N–H and O–H groups in total. The van der Waals surface area contributed by atoms with Crippen molar-refractivity contribution in [2.75, 3.05) is 6.61 Å². The Bertz CT molecular complexity index is 866. The lowest BCUT2D eigenvalue weighted by atomic mass is 10.2. The molecular formula is C22H26BrN3O4. The molecular weight excluding hydrogens is 450 g/mol. The number of amides is 2. The van der Waals surface area contributed by atoms with Crippen LogP contribution in [0.25, 0.3) is 0 Å². The number of alkyl carbamates (subject to hydrolysis) is 1. The summed E-state index contributed by atoms with van der Waals surface area (Å²) in [5.41, 5.74) is 3.51. The summed E-state index contributed by atoms with van der Waals surface area (Å²) < 4.78 is 11.8. The van der Waals surface area contributed by atoms with Crippen molar-refractivity contribution in [2.24, 2.45) is 5.10 Å². The second-order valence-corrected chi connectivity index (χ2v) is 8.40. The normalized spacial score (nSPS) is 12.4. The molecule has 0 aliphatic rings. The van der Waals surface area contributed by atoms with Crippen molar-refractivity contribution in [3.63, 3.8) is 0 Å². The first-order chi connectivity index (χ1) is 14.2. The second-order valence-electron chi connectivity index (χ2n) is 7.49. The largest absolute Gasteiger partial charge is 0.444 e. The Morgan fingerprint density at radius 3 is 2.53 bits per heavy atom. The van der Waals surface area contributed by atoms with E-state index in [1.165, 1.54) is 6.21 Å². The first kappa shape index (κ1) is 23.6. The van der Waals surface area contributed by atoms with Gasteiger partial charge in [-0.2, -0.15) is 5.10 Å². The molecule has 0 radical (unpaired) electrons. The van der Waals surface area contributed by atoms with E-state index in [4.69, 9.17) is 9.47 Å². The molecule has 0 heterocycles. The van der Waals surface area contributed by atoms with E-state index in [-0.39, 0.29) is 6.61 Å². The molecule has 0 saturated carbocycles. The third-order valence-electron chi connectivity index (χ3n) is 3.64. The molecule has 2 aromatic rings. The summed E-state index contributed by atoms with van der Waals surface area (Å²) in [7, 11) is 0. The Morgan fingerprint density at radius 1 is 1.13 bits per heavy atom. The van der Waals surface area contributed by atoms with Crippen molar-refractivity contribution in [3.8, 4) is 0 Å². The quantitative estimate of drug-likeness (QED) is 0.445. The molecule has 2 rings (SSSR count). The molecule has 8 heteroatoms. The number of benzene rings is 2. The summed E-state index contributed by atoms with van der Waals surface area (Å²) in [6, 6.07) is 16.0. The van der Waals surface area contributed by atoms with Crippen molar-refractivity contribution >= 4 is 34.1 Å². The van der Waals surface area contributed by atoms with Gasteiger partial charge in [0.1, 0.15) is 11.6 Å². The highest BCUT2D eigenvalue weighted by atomic mass is 79.9. The van der Waals surface area contributed by atoms with E-state index in [1.54, 1.807) is 20.8 Å². The molecule has 7 nitrogen and oxygen atoms in total. The van der Waals surface area contributed by atoms with Crippen LogP contribution in [0.2, 0.25) is 0 Å². The van der Waals surface area contributed by atoms with Gasteiger partial charge >= 0.3 is 6.09 Å². The van der Waals surface area contributed by atoms with E-state index >= 15 is 0 Å². The maximum atomic E-state index is 12.6. The molecule has 0 saturated heterocycles. The fourth-order valence-corrected chi connectivity index (χ4v) is 2.75. The average Bonchev–Trinajstić information content (AvgIpc) is 2.66. The molecule has 2 aromatic carbocycles. The van der Waals surface area contributed by atoms with Gasteiger partial charge in [-0.3, -0.25) is 4.79 Å². The Labute approximate surface area is 185 Å². The predicted octanol–water partition coefficient (Wildman–Crippen LogP) is 4.01. The van der Waals surface area contributed by atoms with E-state index in [1.807, 2.05) is 54.6 Å². The molecule has 30 heavy (non-hydrogen) atoms. The van der Waals surface area contributed by atoms with Crippen molar-refractivity contribution in [1.82, 2.24) is 10.7 Å². The molecule has 0 fully saturated rings. The van der Waals surface area contributed by atoms with E-state index in [2.05, 4.69) is 31.8 Å². The van der Waals surface area contributed by atoms with Crippen molar-refractivity contribution < 1.29 is 19.1 Å². The van der Waals surface area contributed by atoms with Crippen LogP contribution < -0.4 is 10.7 Å². The predicted molar refractivity (Wildman–Crippen MR) is 119 cm³/mol. The Balaban J connectivity index is 1.97. The monoisotopic (exact) mass is 475 g/mol. The third kappa shape index (κ3) is 9.19. The number of carbonyl (C=O) groups excluding carboxylic acids is 2. The molecule has 0 aliphatic heterocycles. The van der Waals surface area contributed by atoms with Crippen LogP contribution in [0, 0.1) is 0 Å². The van der Waals surface area contributed by atoms with Gasteiger partial charge < -0.3 is 14.8 Å². The number of hydrogen-bond donors (Lipinski definition) is 2. The van der Waals surface area contributed by atoms with Crippen LogP contribution in [-0.4, -0.2) is 36.5 Å². The van der Waals surface area contributed by atoms with Gasteiger partial charge in [-0.05, 0) is 44.0 Å². The standard InChI is InChI=1S/C22H26BrN3O4/c1-22(2,3)30-21(28)25-19(15-29-14-16-8-5-4-6-9-16)20(27)26-24-13-17-10-7-11-18(23)12-17/h4-13,19H,14-15H2,1-3H3,(H,25,28)(H,26,27)/b24-13-/t19-/m0/s1. The number of halogens is 1. The minimum atomic E-state index is -0.969. The number of hydrazone groups is 1. The lowest BCUT2D eigenvalue weighted by Crippen LogP contribution is -2.49. The zero-order valence-electron chi connectivity index (χ0n) is 17.2. The van der Waals surface area contributed by atoms with Gasteiger partial charge in [-0.25, -0.2) is 10.2 Å². The van der Waals surface area contributed by atoms with Gasteiger partial charge in [0, 0.05) is 4.47 Å². The van der Waals surface area contributed by atoms with Crippen molar-refractivity contribution in [1.29, 1.82) is 0 Å². The maximum absolute atomic E-state index is 12.6. The minimum absolute atomic E-state index is 0.0353. The van der Waals surface area contributed by atoms with Crippen molar-refractivity contribution in [3.05, 3.63) is 70.2 Å². The summed E-state index contributed by atoms with van der Waals surface area (Å²) in [5.74, 6) is -0.514. The van der Waals surface area contributed by atoms with Gasteiger partial charge in [0.25, 0.3) is 5.91 Å². The maximum Gasteiger partial charge on any atom is 0.408 e. The third-order valence-corrected chi connectivity index (χ3v) is 4.13. The SMILES string of the molecule is CC(C)(C)OC(=O)N[C@@H](COCc1ccccc1)C(=O)N/N=C\c1cccc(Br)c1. The van der Waals surface area contributed by atoms with E-state index in [9.17, 15) is 9.59 Å². The molecule has 160 valence electrons. The number of rotatable bonds is 8. The van der Waals surface area contributed by atoms with Gasteiger partial charge in [0.05, 0.1) is 19.4 Å². The van der Waals surface area contributed by atoms with Gasteiger partial charge in [0.2, 0.25) is 0 Å². The lowest BCUT2D eigenvalue weighted by Gasteiger charge is -2.22. The summed E-state index contributed by atoms with van der Waals surface area (Å²) >= 11 is 3.38. The number of nitrogens with one attached hydrogen (secondary N) is 2.